The molecule has 0 atom stereocenters. The zero-order chi connectivity index (χ0) is 12.3. The number of carbonyl (C=O) groups is 1. The standard InChI is InChI=1S/C13H14N2O2/c1-9(16)8-15-12-7-11(17-2)6-10-4-3-5-14-13(10)12/h3-7,15H,8H2,1-2H3. The number of pyridine rings is 1. The van der Waals surface area contributed by atoms with E-state index < -0.39 is 0 Å². The van der Waals surface area contributed by atoms with Gasteiger partial charge in [-0.1, -0.05) is 6.07 Å². The Labute approximate surface area is 99.6 Å². The molecule has 0 spiro atoms. The molecule has 2 rings (SSSR count). The monoisotopic (exact) mass is 230 g/mol. The Hall–Kier alpha value is -2.10. The van der Waals surface area contributed by atoms with Crippen LogP contribution in [0.2, 0.25) is 0 Å². The van der Waals surface area contributed by atoms with E-state index in [0.717, 1.165) is 22.3 Å². The van der Waals surface area contributed by atoms with Crippen molar-refractivity contribution in [1.29, 1.82) is 0 Å². The van der Waals surface area contributed by atoms with Gasteiger partial charge in [-0.15, -0.1) is 0 Å². The van der Waals surface area contributed by atoms with E-state index in [1.54, 1.807) is 20.2 Å². The highest BCUT2D eigenvalue weighted by Gasteiger charge is 2.05. The van der Waals surface area contributed by atoms with E-state index >= 15 is 0 Å². The molecule has 17 heavy (non-hydrogen) atoms. The summed E-state index contributed by atoms with van der Waals surface area (Å²) >= 11 is 0. The van der Waals surface area contributed by atoms with E-state index in [2.05, 4.69) is 10.3 Å². The molecule has 0 radical (unpaired) electrons. The summed E-state index contributed by atoms with van der Waals surface area (Å²) in [6.45, 7) is 1.83. The van der Waals surface area contributed by atoms with Gasteiger partial charge in [-0.3, -0.25) is 9.78 Å². The van der Waals surface area contributed by atoms with Crippen molar-refractivity contribution in [3.05, 3.63) is 30.5 Å². The number of Topliss-reactive ketones (excluding diaryl/α,β-unsaturated/α-hetero) is 1. The van der Waals surface area contributed by atoms with Gasteiger partial charge in [-0.05, 0) is 19.1 Å². The van der Waals surface area contributed by atoms with Crippen LogP contribution in [-0.2, 0) is 4.79 Å². The highest BCUT2D eigenvalue weighted by molar-refractivity contribution is 5.93. The maximum Gasteiger partial charge on any atom is 0.148 e. The van der Waals surface area contributed by atoms with Crippen molar-refractivity contribution < 1.29 is 9.53 Å². The van der Waals surface area contributed by atoms with Gasteiger partial charge in [0.1, 0.15) is 11.5 Å². The number of nitrogens with zero attached hydrogens (tertiary/aromatic N) is 1. The zero-order valence-corrected chi connectivity index (χ0v) is 9.86. The predicted octanol–water partition coefficient (Wildman–Crippen LogP) is 2.24. The van der Waals surface area contributed by atoms with E-state index in [1.807, 2.05) is 24.3 Å². The van der Waals surface area contributed by atoms with E-state index in [-0.39, 0.29) is 5.78 Å². The van der Waals surface area contributed by atoms with Crippen molar-refractivity contribution in [2.75, 3.05) is 19.0 Å². The summed E-state index contributed by atoms with van der Waals surface area (Å²) in [6.07, 6.45) is 1.73. The molecular formula is C13H14N2O2. The first-order chi connectivity index (χ1) is 8.20. The average Bonchev–Trinajstić information content (AvgIpc) is 2.35. The Kier molecular flexibility index (Phi) is 3.23. The highest BCUT2D eigenvalue weighted by Crippen LogP contribution is 2.27. The van der Waals surface area contributed by atoms with Crippen molar-refractivity contribution in [3.8, 4) is 5.75 Å². The van der Waals surface area contributed by atoms with Gasteiger partial charge < -0.3 is 10.1 Å². The summed E-state index contributed by atoms with van der Waals surface area (Å²) in [5.41, 5.74) is 1.66. The molecule has 1 aromatic carbocycles. The van der Waals surface area contributed by atoms with Crippen LogP contribution in [0.4, 0.5) is 5.69 Å². The van der Waals surface area contributed by atoms with Crippen molar-refractivity contribution in [2.24, 2.45) is 0 Å². The lowest BCUT2D eigenvalue weighted by Crippen LogP contribution is -2.10. The molecule has 1 N–H and O–H groups in total. The molecular weight excluding hydrogens is 216 g/mol. The molecule has 2 aromatic rings. The van der Waals surface area contributed by atoms with E-state index in [9.17, 15) is 4.79 Å². The minimum atomic E-state index is 0.0805. The smallest absolute Gasteiger partial charge is 0.148 e. The molecule has 0 saturated carbocycles. The van der Waals surface area contributed by atoms with Crippen LogP contribution in [0.25, 0.3) is 10.9 Å². The minimum absolute atomic E-state index is 0.0805. The van der Waals surface area contributed by atoms with Gasteiger partial charge in [0.2, 0.25) is 0 Å². The van der Waals surface area contributed by atoms with Gasteiger partial charge in [0, 0.05) is 17.6 Å². The number of anilines is 1. The molecule has 0 saturated heterocycles. The molecule has 1 aromatic heterocycles. The normalized spacial score (nSPS) is 10.2. The zero-order valence-electron chi connectivity index (χ0n) is 9.86. The van der Waals surface area contributed by atoms with Gasteiger partial charge in [0.25, 0.3) is 0 Å². The maximum absolute atomic E-state index is 11.0. The molecule has 4 nitrogen and oxygen atoms in total. The molecule has 0 aliphatic heterocycles. The van der Waals surface area contributed by atoms with Gasteiger partial charge >= 0.3 is 0 Å². The number of methoxy groups -OCH3 is 1. The summed E-state index contributed by atoms with van der Waals surface area (Å²) in [7, 11) is 1.62. The van der Waals surface area contributed by atoms with Crippen LogP contribution in [0.15, 0.2) is 30.5 Å². The second-order valence-electron chi connectivity index (χ2n) is 3.81. The number of aromatic nitrogens is 1. The first-order valence-corrected chi connectivity index (χ1v) is 5.37. The van der Waals surface area contributed by atoms with Crippen LogP contribution in [0.1, 0.15) is 6.92 Å². The SMILES string of the molecule is COc1cc(NCC(C)=O)c2ncccc2c1. The summed E-state index contributed by atoms with van der Waals surface area (Å²) in [5.74, 6) is 0.827. The van der Waals surface area contributed by atoms with Crippen LogP contribution in [-0.4, -0.2) is 24.4 Å². The number of hydrogen-bond acceptors (Lipinski definition) is 4. The number of ketones is 1. The van der Waals surface area contributed by atoms with Crippen LogP contribution >= 0.6 is 0 Å². The Bertz CT molecular complexity index is 552. The molecule has 88 valence electrons. The summed E-state index contributed by atoms with van der Waals surface area (Å²) in [6, 6.07) is 7.60. The molecule has 4 heteroatoms. The van der Waals surface area contributed by atoms with E-state index in [4.69, 9.17) is 4.74 Å². The van der Waals surface area contributed by atoms with Gasteiger partial charge in [-0.25, -0.2) is 0 Å². The van der Waals surface area contributed by atoms with Crippen LogP contribution in [0, 0.1) is 0 Å². The predicted molar refractivity (Wildman–Crippen MR) is 67.5 cm³/mol. The Morgan fingerprint density at radius 2 is 2.29 bits per heavy atom. The van der Waals surface area contributed by atoms with Crippen molar-refractivity contribution in [1.82, 2.24) is 4.98 Å². The molecule has 1 heterocycles. The number of hydrogen-bond donors (Lipinski definition) is 1. The first kappa shape index (κ1) is 11.4. The number of benzene rings is 1. The number of ether oxygens (including phenoxy) is 1. The van der Waals surface area contributed by atoms with E-state index in [0.29, 0.717) is 6.54 Å². The summed E-state index contributed by atoms with van der Waals surface area (Å²) in [4.78, 5) is 15.3. The first-order valence-electron chi connectivity index (χ1n) is 5.37. The third-order valence-corrected chi connectivity index (χ3v) is 2.44. The fraction of sp³-hybridized carbons (Fsp3) is 0.231. The number of fused-ring (bicyclic) bond motifs is 1. The van der Waals surface area contributed by atoms with Crippen LogP contribution < -0.4 is 10.1 Å². The summed E-state index contributed by atoms with van der Waals surface area (Å²) in [5, 5.41) is 4.05. The lowest BCUT2D eigenvalue weighted by atomic mass is 10.1. The van der Waals surface area contributed by atoms with Crippen molar-refractivity contribution in [3.63, 3.8) is 0 Å². The number of carbonyl (C=O) groups excluding carboxylic acids is 1. The minimum Gasteiger partial charge on any atom is -0.497 e. The second kappa shape index (κ2) is 4.82. The lowest BCUT2D eigenvalue weighted by Gasteiger charge is -2.10. The number of nitrogens with one attached hydrogen (secondary N) is 1. The van der Waals surface area contributed by atoms with Gasteiger partial charge in [-0.2, -0.15) is 0 Å². The fourth-order valence-corrected chi connectivity index (χ4v) is 1.64. The topological polar surface area (TPSA) is 51.2 Å². The second-order valence-corrected chi connectivity index (χ2v) is 3.81. The largest absolute Gasteiger partial charge is 0.497 e. The van der Waals surface area contributed by atoms with Gasteiger partial charge in [0.05, 0.1) is 24.9 Å². The van der Waals surface area contributed by atoms with Crippen molar-refractivity contribution >= 4 is 22.4 Å². The fourth-order valence-electron chi connectivity index (χ4n) is 1.64. The molecule has 0 fully saturated rings. The lowest BCUT2D eigenvalue weighted by molar-refractivity contribution is -0.115. The van der Waals surface area contributed by atoms with E-state index in [1.165, 1.54) is 0 Å². The van der Waals surface area contributed by atoms with Crippen molar-refractivity contribution in [2.45, 2.75) is 6.92 Å². The Morgan fingerprint density at radius 1 is 1.47 bits per heavy atom. The Balaban J connectivity index is 2.46. The third kappa shape index (κ3) is 2.53. The molecule has 0 amide bonds. The average molecular weight is 230 g/mol. The number of rotatable bonds is 4. The third-order valence-electron chi connectivity index (χ3n) is 2.44. The molecule has 0 aliphatic rings. The quantitative estimate of drug-likeness (QED) is 0.875. The Morgan fingerprint density at radius 3 is 3.00 bits per heavy atom. The molecule has 0 aliphatic carbocycles. The molecule has 0 bridgehead atoms. The maximum atomic E-state index is 11.0. The van der Waals surface area contributed by atoms with Crippen LogP contribution in [0.5, 0.6) is 5.75 Å². The highest BCUT2D eigenvalue weighted by atomic mass is 16.5. The van der Waals surface area contributed by atoms with Crippen LogP contribution in [0.3, 0.4) is 0 Å². The summed E-state index contributed by atoms with van der Waals surface area (Å²) < 4.78 is 5.22. The molecule has 0 unspecified atom stereocenters. The van der Waals surface area contributed by atoms with Gasteiger partial charge in [0.15, 0.2) is 0 Å².